The molecule has 0 spiro atoms. The van der Waals surface area contributed by atoms with E-state index in [0.29, 0.717) is 12.2 Å². The van der Waals surface area contributed by atoms with Crippen LogP contribution in [0.3, 0.4) is 0 Å². The summed E-state index contributed by atoms with van der Waals surface area (Å²) in [5.74, 6) is 1.07. The topological polar surface area (TPSA) is 41.2 Å². The molecule has 4 nitrogen and oxygen atoms in total. The van der Waals surface area contributed by atoms with Crippen LogP contribution in [0.5, 0.6) is 0 Å². The van der Waals surface area contributed by atoms with Gasteiger partial charge in [-0.05, 0) is 33.2 Å². The lowest BCUT2D eigenvalue weighted by Crippen LogP contribution is -2.45. The Morgan fingerprint density at radius 1 is 0.906 bits per heavy atom. The van der Waals surface area contributed by atoms with Crippen molar-refractivity contribution < 1.29 is 4.74 Å². The van der Waals surface area contributed by atoms with Gasteiger partial charge in [-0.1, -0.05) is 72.4 Å². The van der Waals surface area contributed by atoms with E-state index in [4.69, 9.17) is 9.72 Å². The van der Waals surface area contributed by atoms with Crippen molar-refractivity contribution in [1.29, 1.82) is 0 Å². The van der Waals surface area contributed by atoms with Gasteiger partial charge >= 0.3 is 0 Å². The van der Waals surface area contributed by atoms with Crippen molar-refractivity contribution in [2.75, 3.05) is 25.4 Å². The number of rotatable bonds is 8. The van der Waals surface area contributed by atoms with Crippen molar-refractivity contribution in [3.05, 3.63) is 60.7 Å². The summed E-state index contributed by atoms with van der Waals surface area (Å²) >= 11 is 1.82. The molecule has 1 aliphatic heterocycles. The van der Waals surface area contributed by atoms with Crippen molar-refractivity contribution in [3.63, 3.8) is 0 Å². The summed E-state index contributed by atoms with van der Waals surface area (Å²) in [4.78, 5) is 11.1. The molecule has 1 aromatic heterocycles. The Balaban J connectivity index is 0.00000181. The van der Waals surface area contributed by atoms with E-state index >= 15 is 0 Å². The summed E-state index contributed by atoms with van der Waals surface area (Å²) in [6.45, 7) is 7.60. The van der Waals surface area contributed by atoms with Gasteiger partial charge in [0.2, 0.25) is 0 Å². The third-order valence-corrected chi connectivity index (χ3v) is 6.35. The Morgan fingerprint density at radius 2 is 1.50 bits per heavy atom. The first-order chi connectivity index (χ1) is 14.7. The molecule has 1 aliphatic rings. The second-order valence-corrected chi connectivity index (χ2v) is 9.15. The van der Waals surface area contributed by atoms with Crippen molar-refractivity contribution >= 4 is 36.6 Å². The first kappa shape index (κ1) is 26.7. The first-order valence-corrected chi connectivity index (χ1v) is 11.9. The van der Waals surface area contributed by atoms with Gasteiger partial charge in [0.15, 0.2) is 5.16 Å². The Hall–Kier alpha value is -1.50. The molecule has 1 saturated heterocycles. The van der Waals surface area contributed by atoms with E-state index in [-0.39, 0.29) is 24.8 Å². The summed E-state index contributed by atoms with van der Waals surface area (Å²) in [6.07, 6.45) is 3.09. The van der Waals surface area contributed by atoms with Gasteiger partial charge in [0.25, 0.3) is 0 Å². The highest BCUT2D eigenvalue weighted by molar-refractivity contribution is 7.99. The van der Waals surface area contributed by atoms with Gasteiger partial charge in [-0.15, -0.1) is 24.8 Å². The number of ether oxygens (including phenoxy) is 1. The van der Waals surface area contributed by atoms with Gasteiger partial charge in [-0.3, -0.25) is 4.90 Å². The van der Waals surface area contributed by atoms with E-state index in [2.05, 4.69) is 72.3 Å². The minimum Gasteiger partial charge on any atom is -0.373 e. The minimum atomic E-state index is 0. The molecule has 32 heavy (non-hydrogen) atoms. The SMILES string of the molecule is C[C@@H]1CN(CCCCSc2nc(-c3ccccc3)c(-c3ccccc3)[nH]2)C[C@@H](C)O1.Cl.Cl. The fourth-order valence-electron chi connectivity index (χ4n) is 4.11. The molecule has 7 heteroatoms. The van der Waals surface area contributed by atoms with E-state index in [1.807, 2.05) is 23.9 Å². The molecule has 1 N–H and O–H groups in total. The average molecular weight is 495 g/mol. The number of imidazole rings is 1. The number of H-pyrrole nitrogens is 1. The van der Waals surface area contributed by atoms with Gasteiger partial charge in [0.05, 0.1) is 23.6 Å². The van der Waals surface area contributed by atoms with Crippen LogP contribution in [-0.4, -0.2) is 52.5 Å². The number of thioether (sulfide) groups is 1. The molecule has 0 amide bonds. The van der Waals surface area contributed by atoms with E-state index in [1.165, 1.54) is 18.4 Å². The molecule has 0 radical (unpaired) electrons. The molecule has 0 saturated carbocycles. The maximum absolute atomic E-state index is 5.83. The van der Waals surface area contributed by atoms with Gasteiger partial charge in [-0.2, -0.15) is 0 Å². The second kappa shape index (κ2) is 13.3. The van der Waals surface area contributed by atoms with Gasteiger partial charge in [0.1, 0.15) is 0 Å². The summed E-state index contributed by atoms with van der Waals surface area (Å²) in [7, 11) is 0. The van der Waals surface area contributed by atoms with E-state index in [0.717, 1.165) is 47.5 Å². The lowest BCUT2D eigenvalue weighted by molar-refractivity contribution is -0.0680. The number of hydrogen-bond donors (Lipinski definition) is 1. The van der Waals surface area contributed by atoms with Crippen LogP contribution in [0.1, 0.15) is 26.7 Å². The highest BCUT2D eigenvalue weighted by Crippen LogP contribution is 2.32. The van der Waals surface area contributed by atoms with E-state index in [9.17, 15) is 0 Å². The fourth-order valence-corrected chi connectivity index (χ4v) is 4.98. The highest BCUT2D eigenvalue weighted by atomic mass is 35.5. The largest absolute Gasteiger partial charge is 0.373 e. The van der Waals surface area contributed by atoms with Crippen LogP contribution in [0.15, 0.2) is 65.8 Å². The molecule has 174 valence electrons. The van der Waals surface area contributed by atoms with Crippen LogP contribution < -0.4 is 0 Å². The Bertz CT molecular complexity index is 856. The van der Waals surface area contributed by atoms with Crippen LogP contribution in [0, 0.1) is 0 Å². The number of unbranched alkanes of at least 4 members (excludes halogenated alkanes) is 1. The van der Waals surface area contributed by atoms with Gasteiger partial charge in [-0.25, -0.2) is 4.98 Å². The number of hydrogen-bond acceptors (Lipinski definition) is 4. The number of aromatic nitrogens is 2. The number of morpholine rings is 1. The van der Waals surface area contributed by atoms with Crippen LogP contribution in [-0.2, 0) is 4.74 Å². The lowest BCUT2D eigenvalue weighted by Gasteiger charge is -2.35. The molecule has 0 bridgehead atoms. The summed E-state index contributed by atoms with van der Waals surface area (Å²) in [6, 6.07) is 20.9. The number of nitrogens with zero attached hydrogens (tertiary/aromatic N) is 2. The lowest BCUT2D eigenvalue weighted by atomic mass is 10.1. The van der Waals surface area contributed by atoms with Crippen LogP contribution in [0.25, 0.3) is 22.5 Å². The van der Waals surface area contributed by atoms with E-state index < -0.39 is 0 Å². The normalized spacial score (nSPS) is 18.6. The molecule has 2 heterocycles. The molecule has 0 unspecified atom stereocenters. The van der Waals surface area contributed by atoms with Crippen LogP contribution in [0.4, 0.5) is 0 Å². The summed E-state index contributed by atoms with van der Waals surface area (Å²) < 4.78 is 5.83. The highest BCUT2D eigenvalue weighted by Gasteiger charge is 2.21. The maximum atomic E-state index is 5.83. The van der Waals surface area contributed by atoms with E-state index in [1.54, 1.807) is 0 Å². The molecule has 1 fully saturated rings. The Labute approximate surface area is 208 Å². The fraction of sp³-hybridized carbons (Fsp3) is 0.400. The number of benzene rings is 2. The smallest absolute Gasteiger partial charge is 0.166 e. The monoisotopic (exact) mass is 493 g/mol. The molecule has 2 atom stereocenters. The zero-order valence-corrected chi connectivity index (χ0v) is 21.1. The second-order valence-electron chi connectivity index (χ2n) is 8.07. The molecule has 4 rings (SSSR count). The van der Waals surface area contributed by atoms with Crippen LogP contribution in [0.2, 0.25) is 0 Å². The van der Waals surface area contributed by atoms with Crippen LogP contribution >= 0.6 is 36.6 Å². The predicted octanol–water partition coefficient (Wildman–Crippen LogP) is 6.57. The van der Waals surface area contributed by atoms with Crippen molar-refractivity contribution in [2.24, 2.45) is 0 Å². The summed E-state index contributed by atoms with van der Waals surface area (Å²) in [5, 5.41) is 1.00. The van der Waals surface area contributed by atoms with Crippen molar-refractivity contribution in [1.82, 2.24) is 14.9 Å². The number of halogens is 2. The molecule has 3 aromatic rings. The molecular formula is C25H33Cl2N3OS. The Kier molecular flexibility index (Phi) is 11.1. The molecule has 0 aliphatic carbocycles. The van der Waals surface area contributed by atoms with Crippen molar-refractivity contribution in [3.8, 4) is 22.5 Å². The average Bonchev–Trinajstić information content (AvgIpc) is 3.18. The standard InChI is InChI=1S/C25H31N3OS.2ClH/c1-19-17-28(18-20(2)29-19)15-9-10-16-30-25-26-23(21-11-5-3-6-12-21)24(27-25)22-13-7-4-8-14-22;;/h3-8,11-14,19-20H,9-10,15-18H2,1-2H3,(H,26,27);2*1H/t19-,20-;;/m1../s1. The zero-order valence-electron chi connectivity index (χ0n) is 18.7. The quantitative estimate of drug-likeness (QED) is 0.284. The summed E-state index contributed by atoms with van der Waals surface area (Å²) in [5.41, 5.74) is 4.45. The Morgan fingerprint density at radius 3 is 2.12 bits per heavy atom. The third kappa shape index (κ3) is 7.26. The molecule has 2 aromatic carbocycles. The van der Waals surface area contributed by atoms with Crippen molar-refractivity contribution in [2.45, 2.75) is 44.1 Å². The zero-order chi connectivity index (χ0) is 20.8. The maximum Gasteiger partial charge on any atom is 0.166 e. The predicted molar refractivity (Wildman–Crippen MR) is 140 cm³/mol. The van der Waals surface area contributed by atoms with Gasteiger partial charge in [0, 0.05) is 30.0 Å². The van der Waals surface area contributed by atoms with Gasteiger partial charge < -0.3 is 9.72 Å². The minimum absolute atomic E-state index is 0. The first-order valence-electron chi connectivity index (χ1n) is 10.9. The number of nitrogens with one attached hydrogen (secondary N) is 1. The molecular weight excluding hydrogens is 461 g/mol. The number of aromatic amines is 1. The third-order valence-electron chi connectivity index (χ3n) is 5.39.